The van der Waals surface area contributed by atoms with E-state index in [-0.39, 0.29) is 29.4 Å². The molecule has 33 heavy (non-hydrogen) atoms. The van der Waals surface area contributed by atoms with Crippen LogP contribution in [-0.2, 0) is 16.1 Å². The lowest BCUT2D eigenvalue weighted by Crippen LogP contribution is -2.22. The quantitative estimate of drug-likeness (QED) is 0.448. The second kappa shape index (κ2) is 9.45. The van der Waals surface area contributed by atoms with Crippen molar-refractivity contribution in [2.24, 2.45) is 0 Å². The maximum atomic E-state index is 13.7. The maximum Gasteiger partial charge on any atom is 0.338 e. The van der Waals surface area contributed by atoms with E-state index in [2.05, 4.69) is 0 Å². The summed E-state index contributed by atoms with van der Waals surface area (Å²) in [5.74, 6) is -1.81. The lowest BCUT2D eigenvalue weighted by molar-refractivity contribution is -0.144. The first kappa shape index (κ1) is 22.5. The molecule has 5 nitrogen and oxygen atoms in total. The number of carbonyl (C=O) groups is 2. The Bertz CT molecular complexity index is 1190. The van der Waals surface area contributed by atoms with Gasteiger partial charge in [-0.2, -0.15) is 0 Å². The van der Waals surface area contributed by atoms with E-state index < -0.39 is 5.97 Å². The van der Waals surface area contributed by atoms with Gasteiger partial charge in [-0.05, 0) is 41.3 Å². The highest BCUT2D eigenvalue weighted by atomic mass is 19.1. The number of nitrogens with zero attached hydrogens (tertiary/aromatic N) is 1. The predicted octanol–water partition coefficient (Wildman–Crippen LogP) is 6.04. The number of carbonyl (C=O) groups excluding carboxylic acids is 1. The molecule has 0 bridgehead atoms. The van der Waals surface area contributed by atoms with E-state index in [0.717, 1.165) is 16.8 Å². The van der Waals surface area contributed by atoms with Crippen molar-refractivity contribution < 1.29 is 23.8 Å². The van der Waals surface area contributed by atoms with Crippen LogP contribution in [0.25, 0.3) is 22.4 Å². The zero-order valence-electron chi connectivity index (χ0n) is 18.6. The van der Waals surface area contributed by atoms with E-state index in [1.807, 2.05) is 48.7 Å². The summed E-state index contributed by atoms with van der Waals surface area (Å²) in [6.45, 7) is 4.38. The van der Waals surface area contributed by atoms with E-state index in [9.17, 15) is 19.1 Å². The molecule has 6 heteroatoms. The van der Waals surface area contributed by atoms with Gasteiger partial charge >= 0.3 is 11.9 Å². The van der Waals surface area contributed by atoms with E-state index in [1.54, 1.807) is 18.2 Å². The molecule has 0 radical (unpaired) electrons. The number of carboxylic acid groups (broad SMARTS) is 1. The first-order valence-corrected chi connectivity index (χ1v) is 11.0. The Labute approximate surface area is 192 Å². The zero-order chi connectivity index (χ0) is 23.5. The van der Waals surface area contributed by atoms with Gasteiger partial charge in [-0.3, -0.25) is 0 Å². The fourth-order valence-corrected chi connectivity index (χ4v) is 4.50. The van der Waals surface area contributed by atoms with Gasteiger partial charge in [0.05, 0.1) is 11.3 Å². The number of benzene rings is 2. The lowest BCUT2D eigenvalue weighted by Gasteiger charge is -2.22. The van der Waals surface area contributed by atoms with Crippen LogP contribution in [0.1, 0.15) is 48.7 Å². The van der Waals surface area contributed by atoms with Crippen LogP contribution in [0.15, 0.2) is 66.7 Å². The number of aromatic nitrogens is 1. The highest BCUT2D eigenvalue weighted by Crippen LogP contribution is 2.42. The third-order valence-corrected chi connectivity index (χ3v) is 5.85. The molecule has 2 aromatic carbocycles. The van der Waals surface area contributed by atoms with Gasteiger partial charge in [0, 0.05) is 36.7 Å². The molecular weight excluding hydrogens is 421 g/mol. The van der Waals surface area contributed by atoms with Crippen LogP contribution in [0.4, 0.5) is 4.39 Å². The Balaban J connectivity index is 1.94. The van der Waals surface area contributed by atoms with Crippen LogP contribution in [-0.4, -0.2) is 27.7 Å². The number of carboxylic acids is 1. The molecule has 0 fully saturated rings. The smallest absolute Gasteiger partial charge is 0.338 e. The number of aromatic carboxylic acids is 1. The molecule has 2 heterocycles. The fraction of sp³-hybridized carbons (Fsp3) is 0.259. The van der Waals surface area contributed by atoms with Gasteiger partial charge in [0.2, 0.25) is 0 Å². The largest absolute Gasteiger partial charge is 0.478 e. The van der Waals surface area contributed by atoms with E-state index in [1.165, 1.54) is 18.2 Å². The number of hydrogen-bond donors (Lipinski definition) is 1. The summed E-state index contributed by atoms with van der Waals surface area (Å²) in [5, 5.41) is 10.3. The normalized spacial score (nSPS) is 15.6. The molecule has 0 saturated heterocycles. The minimum Gasteiger partial charge on any atom is -0.478 e. The highest BCUT2D eigenvalue weighted by Gasteiger charge is 2.30. The molecule has 1 aromatic heterocycles. The van der Waals surface area contributed by atoms with Gasteiger partial charge in [0.1, 0.15) is 11.9 Å². The summed E-state index contributed by atoms with van der Waals surface area (Å²) in [4.78, 5) is 24.3. The second-order valence-electron chi connectivity index (χ2n) is 8.45. The molecule has 1 aliphatic rings. The topological polar surface area (TPSA) is 68.5 Å². The SMILES string of the molecule is CC(C)c1c(C(=O)O)c(-c2ccccc2)c(-c2ccc(F)cc2)n1CC[C@@H]1CC=CC(=O)O1. The van der Waals surface area contributed by atoms with E-state index >= 15 is 0 Å². The van der Waals surface area contributed by atoms with Crippen LogP contribution < -0.4 is 0 Å². The summed E-state index contributed by atoms with van der Waals surface area (Å²) in [6.07, 6.45) is 4.10. The van der Waals surface area contributed by atoms with Crippen molar-refractivity contribution in [3.8, 4) is 22.4 Å². The molecule has 0 unspecified atom stereocenters. The van der Waals surface area contributed by atoms with E-state index in [4.69, 9.17) is 4.74 Å². The van der Waals surface area contributed by atoms with Crippen LogP contribution >= 0.6 is 0 Å². The number of cyclic esters (lactones) is 1. The average Bonchev–Trinajstić information content (AvgIpc) is 3.14. The zero-order valence-corrected chi connectivity index (χ0v) is 18.6. The fourth-order valence-electron chi connectivity index (χ4n) is 4.50. The summed E-state index contributed by atoms with van der Waals surface area (Å²) in [5.41, 5.74) is 3.78. The summed E-state index contributed by atoms with van der Waals surface area (Å²) in [7, 11) is 0. The minimum atomic E-state index is -1.01. The monoisotopic (exact) mass is 447 g/mol. The number of rotatable bonds is 7. The first-order chi connectivity index (χ1) is 15.9. The molecule has 1 N–H and O–H groups in total. The lowest BCUT2D eigenvalue weighted by atomic mass is 9.95. The van der Waals surface area contributed by atoms with Crippen molar-refractivity contribution in [2.75, 3.05) is 0 Å². The Morgan fingerprint density at radius 3 is 2.42 bits per heavy atom. The summed E-state index contributed by atoms with van der Waals surface area (Å²) < 4.78 is 21.2. The minimum absolute atomic E-state index is 0.0819. The first-order valence-electron chi connectivity index (χ1n) is 11.0. The summed E-state index contributed by atoms with van der Waals surface area (Å²) >= 11 is 0. The van der Waals surface area contributed by atoms with Crippen LogP contribution in [0, 0.1) is 5.82 Å². The third kappa shape index (κ3) is 4.60. The average molecular weight is 448 g/mol. The standard InChI is InChI=1S/C27H26FNO4/c1-17(2)25-24(27(31)32)23(18-7-4-3-5-8-18)26(19-11-13-20(28)14-12-19)29(25)16-15-21-9-6-10-22(30)33-21/h3-8,10-14,17,21H,9,15-16H2,1-2H3,(H,31,32)/t21-/m0/s1. The molecular formula is C27H26FNO4. The highest BCUT2D eigenvalue weighted by molar-refractivity contribution is 6.03. The third-order valence-electron chi connectivity index (χ3n) is 5.85. The molecule has 0 saturated carbocycles. The van der Waals surface area contributed by atoms with Crippen molar-refractivity contribution in [1.29, 1.82) is 0 Å². The van der Waals surface area contributed by atoms with Crippen LogP contribution in [0.5, 0.6) is 0 Å². The molecule has 0 amide bonds. The Morgan fingerprint density at radius 2 is 1.82 bits per heavy atom. The Hall–Kier alpha value is -3.67. The molecule has 1 atom stereocenters. The number of esters is 1. The predicted molar refractivity (Wildman–Crippen MR) is 125 cm³/mol. The molecule has 0 aliphatic carbocycles. The maximum absolute atomic E-state index is 13.7. The molecule has 4 rings (SSSR count). The molecule has 0 spiro atoms. The van der Waals surface area contributed by atoms with Gasteiger partial charge in [0.25, 0.3) is 0 Å². The van der Waals surface area contributed by atoms with Gasteiger partial charge < -0.3 is 14.4 Å². The van der Waals surface area contributed by atoms with Crippen molar-refractivity contribution in [3.05, 3.63) is 83.8 Å². The molecule has 170 valence electrons. The van der Waals surface area contributed by atoms with Crippen molar-refractivity contribution in [2.45, 2.75) is 45.3 Å². The molecule has 3 aromatic rings. The van der Waals surface area contributed by atoms with Crippen molar-refractivity contribution >= 4 is 11.9 Å². The van der Waals surface area contributed by atoms with Gasteiger partial charge in [-0.15, -0.1) is 0 Å². The number of halogens is 1. The van der Waals surface area contributed by atoms with Gasteiger partial charge in [-0.1, -0.05) is 50.3 Å². The van der Waals surface area contributed by atoms with Crippen molar-refractivity contribution in [3.63, 3.8) is 0 Å². The second-order valence-corrected chi connectivity index (χ2v) is 8.45. The van der Waals surface area contributed by atoms with Gasteiger partial charge in [0.15, 0.2) is 0 Å². The Morgan fingerprint density at radius 1 is 1.12 bits per heavy atom. The molecule has 1 aliphatic heterocycles. The van der Waals surface area contributed by atoms with Gasteiger partial charge in [-0.25, -0.2) is 14.0 Å². The Kier molecular flexibility index (Phi) is 6.45. The van der Waals surface area contributed by atoms with E-state index in [0.29, 0.717) is 30.6 Å². The van der Waals surface area contributed by atoms with Crippen LogP contribution in [0.3, 0.4) is 0 Å². The number of ether oxygens (including phenoxy) is 1. The summed E-state index contributed by atoms with van der Waals surface area (Å²) in [6, 6.07) is 15.5. The van der Waals surface area contributed by atoms with Crippen LogP contribution in [0.2, 0.25) is 0 Å². The van der Waals surface area contributed by atoms with Crippen molar-refractivity contribution in [1.82, 2.24) is 4.57 Å². The number of hydrogen-bond acceptors (Lipinski definition) is 3.